The van der Waals surface area contributed by atoms with E-state index in [2.05, 4.69) is 4.74 Å². The predicted molar refractivity (Wildman–Crippen MR) is 76.3 cm³/mol. The van der Waals surface area contributed by atoms with E-state index >= 15 is 0 Å². The fourth-order valence-electron chi connectivity index (χ4n) is 1.59. The Kier molecular flexibility index (Phi) is 6.82. The molecule has 20 heavy (non-hydrogen) atoms. The smallest absolute Gasteiger partial charge is 0.345 e. The summed E-state index contributed by atoms with van der Waals surface area (Å²) in [5, 5.41) is 8.90. The summed E-state index contributed by atoms with van der Waals surface area (Å²) in [5.41, 5.74) is 0.854. The molecule has 0 atom stereocenters. The fraction of sp³-hybridized carbons (Fsp3) is 0.250. The fourth-order valence-corrected chi connectivity index (χ4v) is 1.59. The van der Waals surface area contributed by atoms with Gasteiger partial charge < -0.3 is 9.84 Å². The summed E-state index contributed by atoms with van der Waals surface area (Å²) in [6.07, 6.45) is 6.31. The maximum absolute atomic E-state index is 11.4. The predicted octanol–water partition coefficient (Wildman–Crippen LogP) is 2.75. The second-order valence-corrected chi connectivity index (χ2v) is 4.06. The van der Waals surface area contributed by atoms with Crippen LogP contribution >= 0.6 is 0 Å². The molecule has 1 rings (SSSR count). The number of aryl methyl sites for hydroxylation is 1. The lowest BCUT2D eigenvalue weighted by atomic mass is 10.1. The number of hydrogen-bond acceptors (Lipinski definition) is 3. The Bertz CT molecular complexity index is 500. The second kappa shape index (κ2) is 8.69. The maximum atomic E-state index is 11.4. The minimum absolute atomic E-state index is 0.154. The number of benzene rings is 1. The van der Waals surface area contributed by atoms with Gasteiger partial charge in [-0.2, -0.15) is 0 Å². The van der Waals surface area contributed by atoms with Gasteiger partial charge in [-0.1, -0.05) is 42.5 Å². The largest absolute Gasteiger partial charge is 0.477 e. The summed E-state index contributed by atoms with van der Waals surface area (Å²) >= 11 is 0. The lowest BCUT2D eigenvalue weighted by molar-refractivity contribution is -0.143. The SMILES string of the molecule is CCOC(=O)C(=CC=CCCc1ccccc1)C(=O)O. The van der Waals surface area contributed by atoms with E-state index in [1.165, 1.54) is 11.6 Å². The Morgan fingerprint density at radius 2 is 1.95 bits per heavy atom. The van der Waals surface area contributed by atoms with Gasteiger partial charge >= 0.3 is 11.9 Å². The van der Waals surface area contributed by atoms with E-state index in [1.54, 1.807) is 13.0 Å². The standard InChI is InChI=1S/C16H18O4/c1-2-20-16(19)14(15(17)18)12-8-4-7-11-13-9-5-3-6-10-13/h3-6,8-10,12H,2,7,11H2,1H3,(H,17,18). The van der Waals surface area contributed by atoms with Gasteiger partial charge in [0.25, 0.3) is 0 Å². The van der Waals surface area contributed by atoms with Gasteiger partial charge in [0.1, 0.15) is 5.57 Å². The maximum Gasteiger partial charge on any atom is 0.345 e. The van der Waals surface area contributed by atoms with E-state index in [0.29, 0.717) is 0 Å². The molecular formula is C16H18O4. The van der Waals surface area contributed by atoms with Crippen LogP contribution in [0.5, 0.6) is 0 Å². The molecule has 1 aromatic rings. The van der Waals surface area contributed by atoms with Crippen LogP contribution in [0.25, 0.3) is 0 Å². The second-order valence-electron chi connectivity index (χ2n) is 4.06. The molecular weight excluding hydrogens is 256 g/mol. The van der Waals surface area contributed by atoms with Gasteiger partial charge in [0.2, 0.25) is 0 Å². The van der Waals surface area contributed by atoms with Gasteiger partial charge in [0.15, 0.2) is 0 Å². The minimum Gasteiger partial charge on any atom is -0.477 e. The molecule has 0 fully saturated rings. The van der Waals surface area contributed by atoms with Crippen LogP contribution in [0.2, 0.25) is 0 Å². The first-order chi connectivity index (χ1) is 9.65. The van der Waals surface area contributed by atoms with Crippen LogP contribution in [0.4, 0.5) is 0 Å². The molecule has 0 aliphatic heterocycles. The van der Waals surface area contributed by atoms with E-state index in [-0.39, 0.29) is 12.2 Å². The van der Waals surface area contributed by atoms with Crippen LogP contribution < -0.4 is 0 Å². The van der Waals surface area contributed by atoms with Gasteiger partial charge in [0.05, 0.1) is 6.61 Å². The number of rotatable bonds is 7. The van der Waals surface area contributed by atoms with Crippen molar-refractivity contribution < 1.29 is 19.4 Å². The van der Waals surface area contributed by atoms with Crippen molar-refractivity contribution in [2.45, 2.75) is 19.8 Å². The molecule has 1 N–H and O–H groups in total. The van der Waals surface area contributed by atoms with Crippen molar-refractivity contribution in [3.8, 4) is 0 Å². The Labute approximate surface area is 118 Å². The van der Waals surface area contributed by atoms with E-state index < -0.39 is 11.9 Å². The van der Waals surface area contributed by atoms with Crippen molar-refractivity contribution in [2.24, 2.45) is 0 Å². The number of hydrogen-bond donors (Lipinski definition) is 1. The van der Waals surface area contributed by atoms with Crippen LogP contribution in [0.1, 0.15) is 18.9 Å². The van der Waals surface area contributed by atoms with Crippen molar-refractivity contribution in [1.29, 1.82) is 0 Å². The molecule has 0 unspecified atom stereocenters. The van der Waals surface area contributed by atoms with Crippen LogP contribution in [-0.2, 0) is 20.7 Å². The molecule has 0 aliphatic rings. The van der Waals surface area contributed by atoms with Crippen molar-refractivity contribution in [1.82, 2.24) is 0 Å². The first-order valence-corrected chi connectivity index (χ1v) is 6.46. The molecule has 0 heterocycles. The summed E-state index contributed by atoms with van der Waals surface area (Å²) in [4.78, 5) is 22.3. The van der Waals surface area contributed by atoms with E-state index in [9.17, 15) is 9.59 Å². The third-order valence-electron chi connectivity index (χ3n) is 2.57. The number of carboxylic acids is 1. The topological polar surface area (TPSA) is 63.6 Å². The average Bonchev–Trinajstić information content (AvgIpc) is 2.43. The molecule has 0 amide bonds. The summed E-state index contributed by atoms with van der Waals surface area (Å²) in [6.45, 7) is 1.79. The first kappa shape index (κ1) is 15.7. The molecule has 0 radical (unpaired) electrons. The average molecular weight is 274 g/mol. The van der Waals surface area contributed by atoms with Crippen LogP contribution in [0.15, 0.2) is 54.1 Å². The zero-order chi connectivity index (χ0) is 14.8. The Morgan fingerprint density at radius 3 is 2.55 bits per heavy atom. The van der Waals surface area contributed by atoms with Crippen molar-refractivity contribution >= 4 is 11.9 Å². The molecule has 4 heteroatoms. The number of allylic oxidation sites excluding steroid dienone is 3. The van der Waals surface area contributed by atoms with E-state index in [1.807, 2.05) is 36.4 Å². The minimum atomic E-state index is -1.28. The number of carbonyl (C=O) groups excluding carboxylic acids is 1. The Morgan fingerprint density at radius 1 is 1.25 bits per heavy atom. The van der Waals surface area contributed by atoms with Crippen molar-refractivity contribution in [3.05, 3.63) is 59.7 Å². The van der Waals surface area contributed by atoms with Crippen molar-refractivity contribution in [2.75, 3.05) is 6.61 Å². The molecule has 0 spiro atoms. The lowest BCUT2D eigenvalue weighted by Gasteiger charge is -2.00. The van der Waals surface area contributed by atoms with Gasteiger partial charge in [-0.15, -0.1) is 0 Å². The molecule has 1 aromatic carbocycles. The molecule has 0 aliphatic carbocycles. The van der Waals surface area contributed by atoms with Gasteiger partial charge in [-0.3, -0.25) is 0 Å². The number of ether oxygens (including phenoxy) is 1. The van der Waals surface area contributed by atoms with Crippen LogP contribution in [0.3, 0.4) is 0 Å². The molecule has 106 valence electrons. The van der Waals surface area contributed by atoms with Gasteiger partial charge in [-0.05, 0) is 31.4 Å². The number of aliphatic carboxylic acids is 1. The third kappa shape index (κ3) is 5.52. The zero-order valence-corrected chi connectivity index (χ0v) is 11.4. The summed E-state index contributed by atoms with van der Waals surface area (Å²) in [6, 6.07) is 9.97. The highest BCUT2D eigenvalue weighted by Gasteiger charge is 2.17. The monoisotopic (exact) mass is 274 g/mol. The molecule has 0 bridgehead atoms. The lowest BCUT2D eigenvalue weighted by Crippen LogP contribution is -2.15. The van der Waals surface area contributed by atoms with Gasteiger partial charge in [0, 0.05) is 0 Å². The number of carbonyl (C=O) groups is 2. The number of carboxylic acid groups (broad SMARTS) is 1. The third-order valence-corrected chi connectivity index (χ3v) is 2.57. The van der Waals surface area contributed by atoms with Crippen LogP contribution in [-0.4, -0.2) is 23.7 Å². The van der Waals surface area contributed by atoms with Crippen molar-refractivity contribution in [3.63, 3.8) is 0 Å². The Hall–Kier alpha value is -2.36. The molecule has 0 saturated heterocycles. The number of esters is 1. The highest BCUT2D eigenvalue weighted by atomic mass is 16.5. The molecule has 0 saturated carbocycles. The van der Waals surface area contributed by atoms with E-state index in [0.717, 1.165) is 12.8 Å². The normalized spacial score (nSPS) is 11.6. The quantitative estimate of drug-likeness (QED) is 0.273. The highest BCUT2D eigenvalue weighted by Crippen LogP contribution is 2.04. The summed E-state index contributed by atoms with van der Waals surface area (Å²) in [7, 11) is 0. The van der Waals surface area contributed by atoms with Crippen LogP contribution in [0, 0.1) is 0 Å². The molecule has 4 nitrogen and oxygen atoms in total. The molecule has 0 aromatic heterocycles. The highest BCUT2D eigenvalue weighted by molar-refractivity contribution is 6.13. The van der Waals surface area contributed by atoms with Gasteiger partial charge in [-0.25, -0.2) is 9.59 Å². The Balaban J connectivity index is 2.53. The summed E-state index contributed by atoms with van der Waals surface area (Å²) in [5.74, 6) is -2.09. The first-order valence-electron chi connectivity index (χ1n) is 6.46. The van der Waals surface area contributed by atoms with E-state index in [4.69, 9.17) is 5.11 Å². The summed E-state index contributed by atoms with van der Waals surface area (Å²) < 4.78 is 4.67. The zero-order valence-electron chi connectivity index (χ0n) is 11.4.